The van der Waals surface area contributed by atoms with Gasteiger partial charge in [-0.2, -0.15) is 0 Å². The van der Waals surface area contributed by atoms with E-state index in [1.807, 2.05) is 23.3 Å². The first-order chi connectivity index (χ1) is 10.9. The first kappa shape index (κ1) is 14.7. The summed E-state index contributed by atoms with van der Waals surface area (Å²) in [5.74, 6) is 0.711. The van der Waals surface area contributed by atoms with Crippen LogP contribution >= 0.6 is 23.3 Å². The molecular weight excluding hydrogens is 308 g/mol. The van der Waals surface area contributed by atoms with E-state index in [1.54, 1.807) is 0 Å². The second kappa shape index (κ2) is 6.73. The molecule has 2 nitrogen and oxygen atoms in total. The minimum atomic E-state index is 0.711. The van der Waals surface area contributed by atoms with Crippen molar-refractivity contribution in [2.75, 3.05) is 13.1 Å². The third-order valence-corrected chi connectivity index (χ3v) is 7.04. The number of rotatable bonds is 4. The molecule has 116 valence electrons. The third-order valence-electron chi connectivity index (χ3n) is 4.67. The number of hydrogen-bond donors (Lipinski definition) is 0. The lowest BCUT2D eigenvalue weighted by Crippen LogP contribution is -2.30. The standard InChI is InChI=1S/C18H22N2S2/c1-2-7-14(8-3-1)18-19-13-17(21-18)15-9-4-5-10-16(15)22-20-11-6-12-20/h4-5,9-10,13-14H,1-3,6-8,11-12H2. The van der Waals surface area contributed by atoms with Gasteiger partial charge in [-0.25, -0.2) is 9.29 Å². The summed E-state index contributed by atoms with van der Waals surface area (Å²) in [4.78, 5) is 7.48. The van der Waals surface area contributed by atoms with Crippen LogP contribution in [0.25, 0.3) is 10.4 Å². The predicted octanol–water partition coefficient (Wildman–Crippen LogP) is 5.57. The Morgan fingerprint density at radius 3 is 2.64 bits per heavy atom. The first-order valence-corrected chi connectivity index (χ1v) is 9.97. The molecule has 2 heterocycles. The fraction of sp³-hybridized carbons (Fsp3) is 0.500. The lowest BCUT2D eigenvalue weighted by Gasteiger charge is -2.29. The highest BCUT2D eigenvalue weighted by Crippen LogP contribution is 2.41. The Bertz CT molecular complexity index is 628. The number of aromatic nitrogens is 1. The molecule has 0 amide bonds. The highest BCUT2D eigenvalue weighted by atomic mass is 32.2. The molecule has 2 fully saturated rings. The molecule has 0 radical (unpaired) electrons. The van der Waals surface area contributed by atoms with Crippen LogP contribution in [0.4, 0.5) is 0 Å². The topological polar surface area (TPSA) is 16.1 Å². The molecule has 1 aromatic carbocycles. The van der Waals surface area contributed by atoms with E-state index in [1.165, 1.54) is 72.0 Å². The molecule has 0 spiro atoms. The molecule has 1 saturated heterocycles. The Kier molecular flexibility index (Phi) is 4.51. The number of hydrogen-bond acceptors (Lipinski definition) is 4. The molecule has 0 N–H and O–H groups in total. The van der Waals surface area contributed by atoms with E-state index in [9.17, 15) is 0 Å². The van der Waals surface area contributed by atoms with E-state index in [2.05, 4.69) is 34.8 Å². The summed E-state index contributed by atoms with van der Waals surface area (Å²) in [6.45, 7) is 2.43. The van der Waals surface area contributed by atoms with Crippen molar-refractivity contribution >= 4 is 23.3 Å². The Labute approximate surface area is 141 Å². The van der Waals surface area contributed by atoms with Gasteiger partial charge in [0.1, 0.15) is 0 Å². The maximum absolute atomic E-state index is 4.77. The normalized spacial score (nSPS) is 20.0. The van der Waals surface area contributed by atoms with Crippen molar-refractivity contribution < 1.29 is 0 Å². The zero-order valence-electron chi connectivity index (χ0n) is 12.8. The monoisotopic (exact) mass is 330 g/mol. The molecule has 0 atom stereocenters. The molecule has 4 rings (SSSR count). The maximum atomic E-state index is 4.77. The Morgan fingerprint density at radius 1 is 1.05 bits per heavy atom. The minimum Gasteiger partial charge on any atom is -0.249 e. The van der Waals surface area contributed by atoms with Crippen LogP contribution in [0, 0.1) is 0 Å². The molecule has 1 aliphatic carbocycles. The Hall–Kier alpha value is -0.840. The largest absolute Gasteiger partial charge is 0.249 e. The summed E-state index contributed by atoms with van der Waals surface area (Å²) >= 11 is 3.83. The van der Waals surface area contributed by atoms with Crippen molar-refractivity contribution in [3.63, 3.8) is 0 Å². The van der Waals surface area contributed by atoms with Crippen molar-refractivity contribution in [2.24, 2.45) is 0 Å². The fourth-order valence-corrected chi connectivity index (χ4v) is 5.54. The summed E-state index contributed by atoms with van der Waals surface area (Å²) in [7, 11) is 0. The summed E-state index contributed by atoms with van der Waals surface area (Å²) in [5.41, 5.74) is 1.36. The van der Waals surface area contributed by atoms with Gasteiger partial charge in [-0.05, 0) is 37.3 Å². The van der Waals surface area contributed by atoms with Crippen molar-refractivity contribution in [3.05, 3.63) is 35.5 Å². The average Bonchev–Trinajstić information content (AvgIpc) is 3.02. The van der Waals surface area contributed by atoms with Crippen LogP contribution in [-0.2, 0) is 0 Å². The van der Waals surface area contributed by atoms with Gasteiger partial charge in [-0.15, -0.1) is 11.3 Å². The zero-order chi connectivity index (χ0) is 14.8. The third kappa shape index (κ3) is 3.10. The average molecular weight is 331 g/mol. The van der Waals surface area contributed by atoms with Gasteiger partial charge in [0, 0.05) is 35.7 Å². The summed E-state index contributed by atoms with van der Waals surface area (Å²) in [5, 5.41) is 1.36. The molecular formula is C18H22N2S2. The van der Waals surface area contributed by atoms with Crippen LogP contribution in [0.3, 0.4) is 0 Å². The molecule has 1 saturated carbocycles. The summed E-state index contributed by atoms with van der Waals surface area (Å²) in [6, 6.07) is 8.79. The first-order valence-electron chi connectivity index (χ1n) is 8.38. The zero-order valence-corrected chi connectivity index (χ0v) is 14.5. The van der Waals surface area contributed by atoms with E-state index in [-0.39, 0.29) is 0 Å². The molecule has 4 heteroatoms. The smallest absolute Gasteiger partial charge is 0.0962 e. The second-order valence-corrected chi connectivity index (χ2v) is 8.47. The van der Waals surface area contributed by atoms with E-state index >= 15 is 0 Å². The van der Waals surface area contributed by atoms with Crippen LogP contribution in [0.15, 0.2) is 35.4 Å². The molecule has 2 aromatic rings. The SMILES string of the molecule is c1ccc(-c2cnc(C3CCCCC3)s2)c(SN2CCC2)c1. The van der Waals surface area contributed by atoms with Crippen LogP contribution < -0.4 is 0 Å². The van der Waals surface area contributed by atoms with Gasteiger partial charge in [0.15, 0.2) is 0 Å². The molecule has 1 aromatic heterocycles. The number of benzene rings is 1. The van der Waals surface area contributed by atoms with Gasteiger partial charge in [0.25, 0.3) is 0 Å². The lowest BCUT2D eigenvalue weighted by atomic mass is 9.90. The predicted molar refractivity (Wildman–Crippen MR) is 95.4 cm³/mol. The van der Waals surface area contributed by atoms with Gasteiger partial charge < -0.3 is 0 Å². The Balaban J connectivity index is 1.57. The lowest BCUT2D eigenvalue weighted by molar-refractivity contribution is 0.344. The van der Waals surface area contributed by atoms with Gasteiger partial charge in [-0.1, -0.05) is 37.5 Å². The van der Waals surface area contributed by atoms with Crippen molar-refractivity contribution in [2.45, 2.75) is 49.3 Å². The van der Waals surface area contributed by atoms with Crippen LogP contribution in [0.1, 0.15) is 49.5 Å². The molecule has 0 unspecified atom stereocenters. The van der Waals surface area contributed by atoms with Crippen molar-refractivity contribution in [1.29, 1.82) is 0 Å². The van der Waals surface area contributed by atoms with E-state index in [0.29, 0.717) is 5.92 Å². The highest BCUT2D eigenvalue weighted by molar-refractivity contribution is 7.97. The van der Waals surface area contributed by atoms with Crippen LogP contribution in [-0.4, -0.2) is 22.4 Å². The van der Waals surface area contributed by atoms with Crippen LogP contribution in [0.5, 0.6) is 0 Å². The molecule has 2 aliphatic rings. The Morgan fingerprint density at radius 2 is 1.86 bits per heavy atom. The number of nitrogens with zero attached hydrogens (tertiary/aromatic N) is 2. The highest BCUT2D eigenvalue weighted by Gasteiger charge is 2.21. The fourth-order valence-electron chi connectivity index (χ4n) is 3.22. The summed E-state index contributed by atoms with van der Waals surface area (Å²) < 4.78 is 2.45. The van der Waals surface area contributed by atoms with Gasteiger partial charge in [-0.3, -0.25) is 0 Å². The van der Waals surface area contributed by atoms with E-state index in [4.69, 9.17) is 4.98 Å². The maximum Gasteiger partial charge on any atom is 0.0962 e. The van der Waals surface area contributed by atoms with Gasteiger partial charge in [0.2, 0.25) is 0 Å². The van der Waals surface area contributed by atoms with Gasteiger partial charge in [0.05, 0.1) is 9.88 Å². The minimum absolute atomic E-state index is 0.711. The van der Waals surface area contributed by atoms with E-state index in [0.717, 1.165) is 0 Å². The van der Waals surface area contributed by atoms with Crippen molar-refractivity contribution in [1.82, 2.24) is 9.29 Å². The molecule has 0 bridgehead atoms. The quantitative estimate of drug-likeness (QED) is 0.682. The van der Waals surface area contributed by atoms with Crippen molar-refractivity contribution in [3.8, 4) is 10.4 Å². The van der Waals surface area contributed by atoms with Crippen LogP contribution in [0.2, 0.25) is 0 Å². The second-order valence-electron chi connectivity index (χ2n) is 6.27. The summed E-state index contributed by atoms with van der Waals surface area (Å²) in [6.07, 6.45) is 10.3. The molecule has 22 heavy (non-hydrogen) atoms. The van der Waals surface area contributed by atoms with Gasteiger partial charge >= 0.3 is 0 Å². The number of thiazole rings is 1. The molecule has 1 aliphatic heterocycles. The van der Waals surface area contributed by atoms with E-state index < -0.39 is 0 Å².